The van der Waals surface area contributed by atoms with Crippen LogP contribution < -0.4 is 5.32 Å². The predicted molar refractivity (Wildman–Crippen MR) is 75.5 cm³/mol. The molecule has 6 heteroatoms. The van der Waals surface area contributed by atoms with Gasteiger partial charge in [-0.3, -0.25) is 0 Å². The normalized spacial score (nSPS) is 20.7. The zero-order chi connectivity index (χ0) is 13.2. The van der Waals surface area contributed by atoms with E-state index < -0.39 is 0 Å². The predicted octanol–water partition coefficient (Wildman–Crippen LogP) is 1.55. The summed E-state index contributed by atoms with van der Waals surface area (Å²) in [6, 6.07) is 0.624. The topological polar surface area (TPSA) is 63.0 Å². The molecule has 0 aromatic carbocycles. The first-order chi connectivity index (χ1) is 9.29. The summed E-state index contributed by atoms with van der Waals surface area (Å²) in [5, 5.41) is 22.7. The number of nitrogens with one attached hydrogen (secondary N) is 1. The van der Waals surface area contributed by atoms with Crippen molar-refractivity contribution < 1.29 is 5.11 Å². The molecule has 1 aromatic rings. The number of hydrogen-bond donors (Lipinski definition) is 2. The maximum Gasteiger partial charge on any atom is 0.191 e. The molecule has 0 aliphatic heterocycles. The Morgan fingerprint density at radius 3 is 2.79 bits per heavy atom. The molecule has 2 saturated carbocycles. The molecule has 2 aliphatic rings. The van der Waals surface area contributed by atoms with Gasteiger partial charge in [-0.2, -0.15) is 0 Å². The Hall–Kier alpha value is -0.590. The van der Waals surface area contributed by atoms with Crippen molar-refractivity contribution in [2.24, 2.45) is 0 Å². The van der Waals surface area contributed by atoms with Crippen LogP contribution in [0.5, 0.6) is 0 Å². The van der Waals surface area contributed by atoms with E-state index in [1.54, 1.807) is 11.8 Å². The second kappa shape index (κ2) is 5.81. The molecule has 106 valence electrons. The van der Waals surface area contributed by atoms with Gasteiger partial charge in [-0.05, 0) is 32.2 Å². The van der Waals surface area contributed by atoms with Crippen LogP contribution in [0.25, 0.3) is 0 Å². The van der Waals surface area contributed by atoms with Gasteiger partial charge in [-0.15, -0.1) is 10.2 Å². The van der Waals surface area contributed by atoms with Crippen LogP contribution in [0.15, 0.2) is 5.16 Å². The summed E-state index contributed by atoms with van der Waals surface area (Å²) in [5.74, 6) is 2.52. The second-order valence-electron chi connectivity index (χ2n) is 5.49. The molecule has 0 radical (unpaired) electrons. The van der Waals surface area contributed by atoms with Crippen LogP contribution in [0.3, 0.4) is 0 Å². The van der Waals surface area contributed by atoms with Crippen molar-refractivity contribution in [3.05, 3.63) is 5.82 Å². The van der Waals surface area contributed by atoms with Crippen LogP contribution >= 0.6 is 11.8 Å². The summed E-state index contributed by atoms with van der Waals surface area (Å²) in [6.45, 7) is 3.59. The monoisotopic (exact) mass is 282 g/mol. The zero-order valence-corrected chi connectivity index (χ0v) is 12.2. The molecule has 1 aromatic heterocycles. The summed E-state index contributed by atoms with van der Waals surface area (Å²) in [6.07, 6.45) is 4.71. The smallest absolute Gasteiger partial charge is 0.191 e. The standard InChI is InChI=1S/C13H22N4OS/c1-2-14-7-11(18)8-19-13-16-15-12(9-3-4-9)17(13)10-5-6-10/h9-11,14,18H,2-8H2,1H3. The highest BCUT2D eigenvalue weighted by Gasteiger charge is 2.36. The van der Waals surface area contributed by atoms with Crippen molar-refractivity contribution >= 4 is 11.8 Å². The lowest BCUT2D eigenvalue weighted by Gasteiger charge is -2.11. The van der Waals surface area contributed by atoms with Gasteiger partial charge in [-0.25, -0.2) is 0 Å². The highest BCUT2D eigenvalue weighted by atomic mass is 32.2. The number of aliphatic hydroxyl groups is 1. The van der Waals surface area contributed by atoms with Crippen molar-refractivity contribution in [1.29, 1.82) is 0 Å². The van der Waals surface area contributed by atoms with Crippen LogP contribution in [0.1, 0.15) is 50.4 Å². The maximum atomic E-state index is 9.87. The molecule has 0 spiro atoms. The molecular formula is C13H22N4OS. The number of aliphatic hydroxyl groups excluding tert-OH is 1. The zero-order valence-electron chi connectivity index (χ0n) is 11.4. The van der Waals surface area contributed by atoms with E-state index in [2.05, 4.69) is 20.1 Å². The number of likely N-dealkylation sites (N-methyl/N-ethyl adjacent to an activating group) is 1. The van der Waals surface area contributed by atoms with E-state index in [4.69, 9.17) is 0 Å². The largest absolute Gasteiger partial charge is 0.391 e. The lowest BCUT2D eigenvalue weighted by atomic mass is 10.4. The molecule has 2 aliphatic carbocycles. The Morgan fingerprint density at radius 1 is 1.37 bits per heavy atom. The van der Waals surface area contributed by atoms with Gasteiger partial charge in [0.1, 0.15) is 5.82 Å². The number of thioether (sulfide) groups is 1. The minimum atomic E-state index is -0.321. The van der Waals surface area contributed by atoms with Gasteiger partial charge < -0.3 is 15.0 Å². The summed E-state index contributed by atoms with van der Waals surface area (Å²) in [7, 11) is 0. The molecule has 0 amide bonds. The van der Waals surface area contributed by atoms with Crippen LogP contribution in [0, 0.1) is 0 Å². The highest BCUT2D eigenvalue weighted by Crippen LogP contribution is 2.45. The Morgan fingerprint density at radius 2 is 2.16 bits per heavy atom. The second-order valence-corrected chi connectivity index (χ2v) is 6.48. The fourth-order valence-electron chi connectivity index (χ4n) is 2.22. The van der Waals surface area contributed by atoms with Gasteiger partial charge in [0, 0.05) is 24.3 Å². The average Bonchev–Trinajstić information content (AvgIpc) is 3.32. The van der Waals surface area contributed by atoms with E-state index in [0.29, 0.717) is 24.3 Å². The Kier molecular flexibility index (Phi) is 4.10. The third kappa shape index (κ3) is 3.30. The van der Waals surface area contributed by atoms with E-state index in [1.165, 1.54) is 31.5 Å². The molecule has 0 saturated heterocycles. The Labute approximate surface area is 118 Å². The lowest BCUT2D eigenvalue weighted by Crippen LogP contribution is -2.28. The molecule has 19 heavy (non-hydrogen) atoms. The highest BCUT2D eigenvalue weighted by molar-refractivity contribution is 7.99. The van der Waals surface area contributed by atoms with Crippen molar-refractivity contribution in [3.63, 3.8) is 0 Å². The summed E-state index contributed by atoms with van der Waals surface area (Å²) < 4.78 is 2.34. The molecule has 1 atom stereocenters. The minimum absolute atomic E-state index is 0.321. The maximum absolute atomic E-state index is 9.87. The molecule has 2 fully saturated rings. The molecule has 1 unspecified atom stereocenters. The number of rotatable bonds is 8. The summed E-state index contributed by atoms with van der Waals surface area (Å²) in [4.78, 5) is 0. The van der Waals surface area contributed by atoms with Crippen LogP contribution in [-0.2, 0) is 0 Å². The van der Waals surface area contributed by atoms with Gasteiger partial charge in [0.15, 0.2) is 5.16 Å². The van der Waals surface area contributed by atoms with Gasteiger partial charge >= 0.3 is 0 Å². The summed E-state index contributed by atoms with van der Waals surface area (Å²) >= 11 is 1.64. The van der Waals surface area contributed by atoms with Gasteiger partial charge in [-0.1, -0.05) is 18.7 Å². The van der Waals surface area contributed by atoms with Crippen molar-refractivity contribution in [2.75, 3.05) is 18.8 Å². The van der Waals surface area contributed by atoms with Crippen molar-refractivity contribution in [1.82, 2.24) is 20.1 Å². The third-order valence-electron chi connectivity index (χ3n) is 3.58. The van der Waals surface area contributed by atoms with Crippen LogP contribution in [-0.4, -0.2) is 44.8 Å². The SMILES string of the molecule is CCNCC(O)CSc1nnc(C2CC2)n1C1CC1. The van der Waals surface area contributed by atoms with Crippen molar-refractivity contribution in [3.8, 4) is 0 Å². The molecular weight excluding hydrogens is 260 g/mol. The molecule has 2 N–H and O–H groups in total. The number of hydrogen-bond acceptors (Lipinski definition) is 5. The molecule has 5 nitrogen and oxygen atoms in total. The first-order valence-corrected chi connectivity index (χ1v) is 8.24. The van der Waals surface area contributed by atoms with Crippen LogP contribution in [0.2, 0.25) is 0 Å². The Balaban J connectivity index is 1.60. The molecule has 1 heterocycles. The first kappa shape index (κ1) is 13.4. The third-order valence-corrected chi connectivity index (χ3v) is 4.67. The van der Waals surface area contributed by atoms with E-state index in [0.717, 1.165) is 11.7 Å². The van der Waals surface area contributed by atoms with E-state index >= 15 is 0 Å². The fraction of sp³-hybridized carbons (Fsp3) is 0.846. The average molecular weight is 282 g/mol. The number of aromatic nitrogens is 3. The van der Waals surface area contributed by atoms with E-state index in [1.807, 2.05) is 6.92 Å². The van der Waals surface area contributed by atoms with Crippen LogP contribution in [0.4, 0.5) is 0 Å². The van der Waals surface area contributed by atoms with Gasteiger partial charge in [0.25, 0.3) is 0 Å². The quantitative estimate of drug-likeness (QED) is 0.708. The molecule has 3 rings (SSSR count). The molecule has 0 bridgehead atoms. The first-order valence-electron chi connectivity index (χ1n) is 7.26. The lowest BCUT2D eigenvalue weighted by molar-refractivity contribution is 0.196. The summed E-state index contributed by atoms with van der Waals surface area (Å²) in [5.41, 5.74) is 0. The van der Waals surface area contributed by atoms with Gasteiger partial charge in [0.05, 0.1) is 6.10 Å². The van der Waals surface area contributed by atoms with E-state index in [-0.39, 0.29) is 6.10 Å². The van der Waals surface area contributed by atoms with Crippen molar-refractivity contribution in [2.45, 2.75) is 55.8 Å². The fourth-order valence-corrected chi connectivity index (χ4v) is 3.16. The number of nitrogens with zero attached hydrogens (tertiary/aromatic N) is 3. The van der Waals surface area contributed by atoms with Gasteiger partial charge in [0.2, 0.25) is 0 Å². The Bertz CT molecular complexity index is 428. The van der Waals surface area contributed by atoms with E-state index in [9.17, 15) is 5.11 Å². The minimum Gasteiger partial charge on any atom is -0.391 e.